The summed E-state index contributed by atoms with van der Waals surface area (Å²) in [5, 5.41) is 13.3. The van der Waals surface area contributed by atoms with Crippen LogP contribution in [-0.4, -0.2) is 23.2 Å². The number of aliphatic hydroxyl groups excluding tert-OH is 1. The van der Waals surface area contributed by atoms with Gasteiger partial charge in [-0.15, -0.1) is 0 Å². The van der Waals surface area contributed by atoms with Crippen LogP contribution in [0.4, 0.5) is 5.69 Å². The first-order valence-electron chi connectivity index (χ1n) is 6.20. The van der Waals surface area contributed by atoms with Crippen molar-refractivity contribution in [2.45, 2.75) is 19.3 Å². The Kier molecular flexibility index (Phi) is 4.96. The Morgan fingerprint density at radius 2 is 2.11 bits per heavy atom. The van der Waals surface area contributed by atoms with Crippen LogP contribution in [0.1, 0.15) is 19.3 Å². The van der Waals surface area contributed by atoms with E-state index in [0.717, 1.165) is 46.9 Å². The van der Waals surface area contributed by atoms with Crippen LogP contribution in [0.25, 0.3) is 10.9 Å². The van der Waals surface area contributed by atoms with Gasteiger partial charge in [-0.2, -0.15) is 0 Å². The molecule has 96 valence electrons. The topological polar surface area (TPSA) is 45.1 Å². The maximum absolute atomic E-state index is 8.72. The molecule has 0 aliphatic heterocycles. The number of aromatic nitrogens is 1. The maximum atomic E-state index is 8.72. The molecular weight excluding hydrogens is 292 g/mol. The predicted octanol–water partition coefficient (Wildman–Crippen LogP) is 3.57. The highest BCUT2D eigenvalue weighted by molar-refractivity contribution is 9.10. The van der Waals surface area contributed by atoms with Gasteiger partial charge < -0.3 is 10.4 Å². The molecule has 0 aliphatic carbocycles. The third-order valence-corrected chi connectivity index (χ3v) is 3.26. The fraction of sp³-hybridized carbons (Fsp3) is 0.357. The normalized spacial score (nSPS) is 10.8. The van der Waals surface area contributed by atoms with Crippen molar-refractivity contribution < 1.29 is 5.11 Å². The molecule has 2 N–H and O–H groups in total. The van der Waals surface area contributed by atoms with Gasteiger partial charge in [-0.25, -0.2) is 0 Å². The summed E-state index contributed by atoms with van der Waals surface area (Å²) in [6.45, 7) is 1.20. The SMILES string of the molecule is OCCCCCNc1cccc2cc(Br)cnc12. The van der Waals surface area contributed by atoms with E-state index in [2.05, 4.69) is 44.4 Å². The lowest BCUT2D eigenvalue weighted by atomic mass is 10.2. The highest BCUT2D eigenvalue weighted by Crippen LogP contribution is 2.23. The first-order chi connectivity index (χ1) is 8.81. The fourth-order valence-electron chi connectivity index (χ4n) is 1.91. The zero-order valence-electron chi connectivity index (χ0n) is 10.2. The number of nitrogens with zero attached hydrogens (tertiary/aromatic N) is 1. The molecule has 4 heteroatoms. The number of nitrogens with one attached hydrogen (secondary N) is 1. The number of rotatable bonds is 6. The summed E-state index contributed by atoms with van der Waals surface area (Å²) in [5.41, 5.74) is 2.08. The van der Waals surface area contributed by atoms with Crippen molar-refractivity contribution >= 4 is 32.5 Å². The molecule has 18 heavy (non-hydrogen) atoms. The molecule has 0 saturated carbocycles. The number of hydrogen-bond acceptors (Lipinski definition) is 3. The molecule has 1 heterocycles. The van der Waals surface area contributed by atoms with Crippen LogP contribution in [0, 0.1) is 0 Å². The van der Waals surface area contributed by atoms with E-state index in [1.54, 1.807) is 0 Å². The van der Waals surface area contributed by atoms with Crippen LogP contribution >= 0.6 is 15.9 Å². The lowest BCUT2D eigenvalue weighted by molar-refractivity contribution is 0.283. The second-order valence-corrected chi connectivity index (χ2v) is 5.16. The Balaban J connectivity index is 2.04. The number of aliphatic hydroxyl groups is 1. The van der Waals surface area contributed by atoms with Gasteiger partial charge in [0.05, 0.1) is 11.2 Å². The first-order valence-corrected chi connectivity index (χ1v) is 6.99. The summed E-state index contributed by atoms with van der Waals surface area (Å²) in [5.74, 6) is 0. The molecule has 0 saturated heterocycles. The number of anilines is 1. The van der Waals surface area contributed by atoms with Gasteiger partial charge in [0.25, 0.3) is 0 Å². The van der Waals surface area contributed by atoms with E-state index in [-0.39, 0.29) is 6.61 Å². The van der Waals surface area contributed by atoms with Gasteiger partial charge in [0.15, 0.2) is 0 Å². The molecule has 2 rings (SSSR count). The van der Waals surface area contributed by atoms with E-state index in [0.29, 0.717) is 0 Å². The molecule has 1 aromatic heterocycles. The molecular formula is C14H17BrN2O. The number of para-hydroxylation sites is 1. The summed E-state index contributed by atoms with van der Waals surface area (Å²) >= 11 is 3.43. The Labute approximate surface area is 115 Å². The van der Waals surface area contributed by atoms with Crippen LogP contribution in [0.3, 0.4) is 0 Å². The minimum atomic E-state index is 0.282. The van der Waals surface area contributed by atoms with Gasteiger partial charge >= 0.3 is 0 Å². The van der Waals surface area contributed by atoms with Crippen molar-refractivity contribution in [2.75, 3.05) is 18.5 Å². The summed E-state index contributed by atoms with van der Waals surface area (Å²) in [6, 6.07) is 8.21. The minimum Gasteiger partial charge on any atom is -0.396 e. The number of hydrogen-bond donors (Lipinski definition) is 2. The molecule has 3 nitrogen and oxygen atoms in total. The zero-order valence-corrected chi connectivity index (χ0v) is 11.8. The van der Waals surface area contributed by atoms with Crippen molar-refractivity contribution in [1.29, 1.82) is 0 Å². The molecule has 0 bridgehead atoms. The number of pyridine rings is 1. The van der Waals surface area contributed by atoms with Crippen LogP contribution in [0.2, 0.25) is 0 Å². The number of fused-ring (bicyclic) bond motifs is 1. The molecule has 0 amide bonds. The zero-order chi connectivity index (χ0) is 12.8. The lowest BCUT2D eigenvalue weighted by Gasteiger charge is -2.09. The standard InChI is InChI=1S/C14H17BrN2O/c15-12-9-11-5-4-6-13(14(11)17-10-12)16-7-2-1-3-8-18/h4-6,9-10,16,18H,1-3,7-8H2. The largest absolute Gasteiger partial charge is 0.396 e. The Morgan fingerprint density at radius 1 is 1.22 bits per heavy atom. The average molecular weight is 309 g/mol. The van der Waals surface area contributed by atoms with Crippen molar-refractivity contribution in [2.24, 2.45) is 0 Å². The highest BCUT2D eigenvalue weighted by Gasteiger charge is 2.02. The quantitative estimate of drug-likeness (QED) is 0.802. The molecule has 0 unspecified atom stereocenters. The Hall–Kier alpha value is -1.13. The van der Waals surface area contributed by atoms with Crippen molar-refractivity contribution in [3.05, 3.63) is 34.9 Å². The third-order valence-electron chi connectivity index (χ3n) is 2.83. The van der Waals surface area contributed by atoms with E-state index >= 15 is 0 Å². The monoisotopic (exact) mass is 308 g/mol. The fourth-order valence-corrected chi connectivity index (χ4v) is 2.26. The van der Waals surface area contributed by atoms with E-state index in [1.165, 1.54) is 0 Å². The lowest BCUT2D eigenvalue weighted by Crippen LogP contribution is -2.02. The van der Waals surface area contributed by atoms with E-state index < -0.39 is 0 Å². The van der Waals surface area contributed by atoms with Gasteiger partial charge in [-0.05, 0) is 47.3 Å². The summed E-state index contributed by atoms with van der Waals surface area (Å²) in [4.78, 5) is 4.45. The molecule has 0 atom stereocenters. The first kappa shape index (κ1) is 13.3. The highest BCUT2D eigenvalue weighted by atomic mass is 79.9. The van der Waals surface area contributed by atoms with E-state index in [4.69, 9.17) is 5.11 Å². The summed E-state index contributed by atoms with van der Waals surface area (Å²) in [7, 11) is 0. The predicted molar refractivity (Wildman–Crippen MR) is 78.9 cm³/mol. The number of halogens is 1. The van der Waals surface area contributed by atoms with Crippen LogP contribution < -0.4 is 5.32 Å². The minimum absolute atomic E-state index is 0.282. The van der Waals surface area contributed by atoms with Gasteiger partial charge in [-0.3, -0.25) is 4.98 Å². The van der Waals surface area contributed by atoms with E-state index in [1.807, 2.05) is 12.3 Å². The van der Waals surface area contributed by atoms with Crippen LogP contribution in [-0.2, 0) is 0 Å². The van der Waals surface area contributed by atoms with Crippen molar-refractivity contribution in [3.8, 4) is 0 Å². The second-order valence-electron chi connectivity index (χ2n) is 4.24. The number of benzene rings is 1. The van der Waals surface area contributed by atoms with E-state index in [9.17, 15) is 0 Å². The van der Waals surface area contributed by atoms with Gasteiger partial charge in [-0.1, -0.05) is 12.1 Å². The smallest absolute Gasteiger partial charge is 0.0934 e. The van der Waals surface area contributed by atoms with Crippen molar-refractivity contribution in [3.63, 3.8) is 0 Å². The van der Waals surface area contributed by atoms with Gasteiger partial charge in [0.2, 0.25) is 0 Å². The Morgan fingerprint density at radius 3 is 2.94 bits per heavy atom. The molecule has 0 radical (unpaired) electrons. The van der Waals surface area contributed by atoms with Gasteiger partial charge in [0, 0.05) is 29.2 Å². The summed E-state index contributed by atoms with van der Waals surface area (Å²) in [6.07, 6.45) is 4.81. The van der Waals surface area contributed by atoms with Crippen molar-refractivity contribution in [1.82, 2.24) is 4.98 Å². The third kappa shape index (κ3) is 3.43. The molecule has 0 fully saturated rings. The van der Waals surface area contributed by atoms with Crippen LogP contribution in [0.15, 0.2) is 34.9 Å². The molecule has 1 aromatic carbocycles. The maximum Gasteiger partial charge on any atom is 0.0934 e. The molecule has 2 aromatic rings. The summed E-state index contributed by atoms with van der Waals surface area (Å²) < 4.78 is 0.995. The van der Waals surface area contributed by atoms with Crippen LogP contribution in [0.5, 0.6) is 0 Å². The molecule has 0 aliphatic rings. The number of unbranched alkanes of at least 4 members (excludes halogenated alkanes) is 2. The van der Waals surface area contributed by atoms with Gasteiger partial charge in [0.1, 0.15) is 0 Å². The average Bonchev–Trinajstić information content (AvgIpc) is 2.38. The Bertz CT molecular complexity index is 516. The molecule has 0 spiro atoms. The second kappa shape index (κ2) is 6.71.